The van der Waals surface area contributed by atoms with Crippen LogP contribution in [0.3, 0.4) is 0 Å². The second-order valence-electron chi connectivity index (χ2n) is 5.42. The zero-order valence-corrected chi connectivity index (χ0v) is 12.7. The molecule has 0 unspecified atom stereocenters. The number of anilines is 1. The Morgan fingerprint density at radius 2 is 2.05 bits per heavy atom. The number of hydrogen-bond acceptors (Lipinski definition) is 4. The van der Waals surface area contributed by atoms with E-state index < -0.39 is 5.60 Å². The van der Waals surface area contributed by atoms with Gasteiger partial charge in [0.1, 0.15) is 0 Å². The fourth-order valence-electron chi connectivity index (χ4n) is 2.42. The number of rotatable bonds is 4. The Labute approximate surface area is 130 Å². The number of carbonyl (C=O) groups excluding carboxylic acids is 1. The van der Waals surface area contributed by atoms with E-state index in [0.717, 1.165) is 5.69 Å². The van der Waals surface area contributed by atoms with Gasteiger partial charge < -0.3 is 20.1 Å². The van der Waals surface area contributed by atoms with Crippen molar-refractivity contribution in [2.45, 2.75) is 25.4 Å². The van der Waals surface area contributed by atoms with E-state index in [0.29, 0.717) is 44.8 Å². The summed E-state index contributed by atoms with van der Waals surface area (Å²) in [5.41, 5.74) is 0.627. The molecule has 1 aromatic carbocycles. The number of nitrogens with zero attached hydrogens (tertiary/aromatic N) is 2. The Morgan fingerprint density at radius 3 is 2.59 bits per heavy atom. The van der Waals surface area contributed by atoms with Gasteiger partial charge in [-0.15, -0.1) is 0 Å². The second-order valence-corrected chi connectivity index (χ2v) is 5.42. The van der Waals surface area contributed by atoms with Gasteiger partial charge in [-0.1, -0.05) is 12.1 Å². The minimum Gasteiger partial charge on any atom is -0.450 e. The summed E-state index contributed by atoms with van der Waals surface area (Å²) in [5.74, 6) is 0. The monoisotopic (exact) mass is 303 g/mol. The van der Waals surface area contributed by atoms with E-state index in [2.05, 4.69) is 10.2 Å². The van der Waals surface area contributed by atoms with Crippen molar-refractivity contribution in [3.63, 3.8) is 0 Å². The maximum absolute atomic E-state index is 11.6. The molecule has 1 amide bonds. The maximum Gasteiger partial charge on any atom is 0.409 e. The van der Waals surface area contributed by atoms with Crippen molar-refractivity contribution in [1.82, 2.24) is 4.90 Å². The maximum atomic E-state index is 11.6. The van der Waals surface area contributed by atoms with Crippen molar-refractivity contribution in [2.75, 3.05) is 31.6 Å². The van der Waals surface area contributed by atoms with Crippen molar-refractivity contribution >= 4 is 17.5 Å². The average Bonchev–Trinajstić information content (AvgIpc) is 2.54. The van der Waals surface area contributed by atoms with Gasteiger partial charge in [-0.05, 0) is 31.9 Å². The number of aliphatic hydroxyl groups is 1. The minimum atomic E-state index is -0.832. The van der Waals surface area contributed by atoms with Gasteiger partial charge in [0.25, 0.3) is 0 Å². The zero-order valence-electron chi connectivity index (χ0n) is 12.7. The van der Waals surface area contributed by atoms with Gasteiger partial charge in [-0.2, -0.15) is 0 Å². The van der Waals surface area contributed by atoms with E-state index in [9.17, 15) is 9.90 Å². The summed E-state index contributed by atoms with van der Waals surface area (Å²) in [7, 11) is 0. The lowest BCUT2D eigenvalue weighted by Gasteiger charge is -2.37. The van der Waals surface area contributed by atoms with E-state index >= 15 is 0 Å². The number of nitrogens with one attached hydrogen (secondary N) is 1. The lowest BCUT2D eigenvalue weighted by Crippen LogP contribution is -2.50. The number of hydrogen-bond donors (Lipinski definition) is 2. The first-order valence-electron chi connectivity index (χ1n) is 7.42. The molecule has 22 heavy (non-hydrogen) atoms. The Kier molecular flexibility index (Phi) is 5.23. The van der Waals surface area contributed by atoms with Gasteiger partial charge in [0.2, 0.25) is 0 Å². The van der Waals surface area contributed by atoms with Crippen LogP contribution in [0, 0.1) is 6.57 Å². The second kappa shape index (κ2) is 7.14. The number of carbonyl (C=O) groups is 1. The third-order valence-corrected chi connectivity index (χ3v) is 3.84. The SMILES string of the molecule is [C-]#[N+]c1ccc(NCC2(O)CCN(C(=O)OCC)CC2)cc1. The van der Waals surface area contributed by atoms with Gasteiger partial charge in [0.05, 0.1) is 18.8 Å². The van der Waals surface area contributed by atoms with Crippen LogP contribution >= 0.6 is 0 Å². The van der Waals surface area contributed by atoms with Crippen LogP contribution in [-0.4, -0.2) is 47.9 Å². The Balaban J connectivity index is 1.83. The Bertz CT molecular complexity index is 543. The van der Waals surface area contributed by atoms with Crippen LogP contribution in [0.25, 0.3) is 4.85 Å². The highest BCUT2D eigenvalue weighted by Crippen LogP contribution is 2.24. The highest BCUT2D eigenvalue weighted by Gasteiger charge is 2.34. The summed E-state index contributed by atoms with van der Waals surface area (Å²) < 4.78 is 4.97. The Morgan fingerprint density at radius 1 is 1.41 bits per heavy atom. The molecule has 1 aliphatic rings. The topological polar surface area (TPSA) is 66.2 Å². The molecule has 2 rings (SSSR count). The normalized spacial score (nSPS) is 16.7. The summed E-state index contributed by atoms with van der Waals surface area (Å²) in [6, 6.07) is 7.13. The molecule has 0 bridgehead atoms. The number of benzene rings is 1. The average molecular weight is 303 g/mol. The summed E-state index contributed by atoms with van der Waals surface area (Å²) in [4.78, 5) is 16.6. The lowest BCUT2D eigenvalue weighted by molar-refractivity contribution is -0.00966. The first-order valence-corrected chi connectivity index (χ1v) is 7.42. The summed E-state index contributed by atoms with van der Waals surface area (Å²) >= 11 is 0. The third-order valence-electron chi connectivity index (χ3n) is 3.84. The highest BCUT2D eigenvalue weighted by molar-refractivity contribution is 5.67. The van der Waals surface area contributed by atoms with E-state index in [1.807, 2.05) is 12.1 Å². The molecule has 6 heteroatoms. The molecule has 0 spiro atoms. The number of likely N-dealkylation sites (tertiary alicyclic amines) is 1. The fourth-order valence-corrected chi connectivity index (χ4v) is 2.42. The van der Waals surface area contributed by atoms with Crippen molar-refractivity contribution < 1.29 is 14.6 Å². The molecule has 118 valence electrons. The van der Waals surface area contributed by atoms with Gasteiger partial charge in [-0.3, -0.25) is 0 Å². The molecule has 1 fully saturated rings. The van der Waals surface area contributed by atoms with Crippen LogP contribution in [0.15, 0.2) is 24.3 Å². The van der Waals surface area contributed by atoms with Crippen molar-refractivity contribution in [1.29, 1.82) is 0 Å². The first kappa shape index (κ1) is 16.1. The number of ether oxygens (including phenoxy) is 1. The smallest absolute Gasteiger partial charge is 0.409 e. The quantitative estimate of drug-likeness (QED) is 0.839. The molecule has 0 radical (unpaired) electrons. The van der Waals surface area contributed by atoms with Gasteiger partial charge in [0.15, 0.2) is 5.69 Å². The predicted molar refractivity (Wildman–Crippen MR) is 84.0 cm³/mol. The van der Waals surface area contributed by atoms with Crippen LogP contribution in [0.4, 0.5) is 16.2 Å². The van der Waals surface area contributed by atoms with Crippen LogP contribution in [0.2, 0.25) is 0 Å². The van der Waals surface area contributed by atoms with E-state index in [-0.39, 0.29) is 6.09 Å². The fraction of sp³-hybridized carbons (Fsp3) is 0.500. The molecule has 0 aliphatic carbocycles. The number of amides is 1. The molecule has 0 saturated carbocycles. The highest BCUT2D eigenvalue weighted by atomic mass is 16.6. The van der Waals surface area contributed by atoms with Gasteiger partial charge >= 0.3 is 6.09 Å². The van der Waals surface area contributed by atoms with Crippen molar-refractivity contribution in [3.05, 3.63) is 35.7 Å². The molecule has 0 aromatic heterocycles. The lowest BCUT2D eigenvalue weighted by atomic mass is 9.91. The van der Waals surface area contributed by atoms with E-state index in [1.54, 1.807) is 24.0 Å². The van der Waals surface area contributed by atoms with Gasteiger partial charge in [-0.25, -0.2) is 9.64 Å². The summed E-state index contributed by atoms with van der Waals surface area (Å²) in [6.45, 7) is 10.5. The van der Waals surface area contributed by atoms with Crippen LogP contribution in [0.1, 0.15) is 19.8 Å². The third kappa shape index (κ3) is 4.12. The van der Waals surface area contributed by atoms with Crippen LogP contribution in [0.5, 0.6) is 0 Å². The molecular formula is C16H21N3O3. The predicted octanol–water partition coefficient (Wildman–Crippen LogP) is 2.63. The minimum absolute atomic E-state index is 0.313. The van der Waals surface area contributed by atoms with Crippen LogP contribution in [-0.2, 0) is 4.74 Å². The Hall–Kier alpha value is -2.26. The molecule has 1 aliphatic heterocycles. The molecule has 2 N–H and O–H groups in total. The molecule has 1 aromatic rings. The molecule has 1 saturated heterocycles. The molecule has 6 nitrogen and oxygen atoms in total. The summed E-state index contributed by atoms with van der Waals surface area (Å²) in [6.07, 6.45) is 0.713. The van der Waals surface area contributed by atoms with Crippen LogP contribution < -0.4 is 5.32 Å². The molecular weight excluding hydrogens is 282 g/mol. The summed E-state index contributed by atoms with van der Waals surface area (Å²) in [5, 5.41) is 13.8. The molecule has 1 heterocycles. The number of piperidine rings is 1. The first-order chi connectivity index (χ1) is 10.6. The standard InChI is InChI=1S/C16H21N3O3/c1-3-22-15(20)19-10-8-16(21,9-11-19)12-18-14-6-4-13(17-2)5-7-14/h4-7,18,21H,3,8-12H2,1H3. The largest absolute Gasteiger partial charge is 0.450 e. The molecule has 0 atom stereocenters. The van der Waals surface area contributed by atoms with Gasteiger partial charge in [0, 0.05) is 25.3 Å². The van der Waals surface area contributed by atoms with E-state index in [4.69, 9.17) is 11.3 Å². The van der Waals surface area contributed by atoms with E-state index in [1.165, 1.54) is 0 Å². The van der Waals surface area contributed by atoms with Crippen molar-refractivity contribution in [2.24, 2.45) is 0 Å². The zero-order chi connectivity index (χ0) is 16.0. The van der Waals surface area contributed by atoms with Crippen molar-refractivity contribution in [3.8, 4) is 0 Å².